The first kappa shape index (κ1) is 16.6. The van der Waals surface area contributed by atoms with Gasteiger partial charge in [-0.1, -0.05) is 5.16 Å². The zero-order valence-corrected chi connectivity index (χ0v) is 15.7. The van der Waals surface area contributed by atoms with E-state index in [9.17, 15) is 4.79 Å². The van der Waals surface area contributed by atoms with Gasteiger partial charge in [0.05, 0.1) is 18.4 Å². The van der Waals surface area contributed by atoms with Gasteiger partial charge in [0.15, 0.2) is 0 Å². The van der Waals surface area contributed by atoms with Crippen molar-refractivity contribution in [3.63, 3.8) is 0 Å². The molecule has 0 spiro atoms. The molecule has 3 aliphatic rings. The average Bonchev–Trinajstić information content (AvgIpc) is 3.23. The molecule has 1 atom stereocenters. The molecule has 0 bridgehead atoms. The molecule has 138 valence electrons. The van der Waals surface area contributed by atoms with E-state index in [4.69, 9.17) is 9.62 Å². The Morgan fingerprint density at radius 2 is 2.23 bits per heavy atom. The van der Waals surface area contributed by atoms with E-state index in [-0.39, 0.29) is 5.56 Å². The molecule has 1 saturated heterocycles. The van der Waals surface area contributed by atoms with Crippen LogP contribution in [-0.4, -0.2) is 38.2 Å². The normalized spacial score (nSPS) is 23.3. The van der Waals surface area contributed by atoms with Crippen molar-refractivity contribution in [3.8, 4) is 0 Å². The van der Waals surface area contributed by atoms with Crippen LogP contribution >= 0.6 is 11.8 Å². The lowest BCUT2D eigenvalue weighted by Crippen LogP contribution is -2.37. The Morgan fingerprint density at radius 1 is 1.31 bits per heavy atom. The maximum Gasteiger partial charge on any atom is 0.267 e. The monoisotopic (exact) mass is 372 g/mol. The van der Waals surface area contributed by atoms with Gasteiger partial charge in [-0.15, -0.1) is 0 Å². The first-order valence-corrected chi connectivity index (χ1v) is 10.8. The van der Waals surface area contributed by atoms with Crippen LogP contribution < -0.4 is 5.56 Å². The number of hydrogen-bond acceptors (Lipinski definition) is 6. The summed E-state index contributed by atoms with van der Waals surface area (Å²) >= 11 is 1.89. The molecule has 2 fully saturated rings. The molecule has 2 aliphatic heterocycles. The van der Waals surface area contributed by atoms with Crippen LogP contribution in [0.2, 0.25) is 0 Å². The van der Waals surface area contributed by atoms with Gasteiger partial charge in [-0.2, -0.15) is 16.9 Å². The fourth-order valence-electron chi connectivity index (χ4n) is 4.18. The number of hydrogen-bond donors (Lipinski definition) is 0. The van der Waals surface area contributed by atoms with Gasteiger partial charge in [-0.3, -0.25) is 9.69 Å². The molecule has 2 aromatic heterocycles. The SMILES string of the molecule is O=c1cc2c(nn1CC1CCCN1Cc1cnoc1C1CC1)CCSC2. The van der Waals surface area contributed by atoms with Crippen molar-refractivity contribution in [2.45, 2.75) is 62.9 Å². The maximum absolute atomic E-state index is 12.5. The summed E-state index contributed by atoms with van der Waals surface area (Å²) in [6, 6.07) is 2.16. The molecule has 0 amide bonds. The molecule has 0 radical (unpaired) electrons. The van der Waals surface area contributed by atoms with E-state index in [2.05, 4.69) is 10.1 Å². The summed E-state index contributed by atoms with van der Waals surface area (Å²) in [5.74, 6) is 3.69. The molecule has 5 rings (SSSR count). The van der Waals surface area contributed by atoms with E-state index < -0.39 is 0 Å². The molecule has 0 N–H and O–H groups in total. The van der Waals surface area contributed by atoms with E-state index in [1.807, 2.05) is 18.0 Å². The highest BCUT2D eigenvalue weighted by Crippen LogP contribution is 2.42. The molecule has 6 nitrogen and oxygen atoms in total. The lowest BCUT2D eigenvalue weighted by molar-refractivity contribution is 0.214. The van der Waals surface area contributed by atoms with E-state index in [0.29, 0.717) is 18.5 Å². The minimum Gasteiger partial charge on any atom is -0.361 e. The van der Waals surface area contributed by atoms with Crippen molar-refractivity contribution in [3.05, 3.63) is 45.2 Å². The first-order valence-electron chi connectivity index (χ1n) is 9.63. The smallest absolute Gasteiger partial charge is 0.267 e. The Bertz CT molecular complexity index is 857. The van der Waals surface area contributed by atoms with Gasteiger partial charge in [0.1, 0.15) is 5.76 Å². The fraction of sp³-hybridized carbons (Fsp3) is 0.632. The predicted octanol–water partition coefficient (Wildman–Crippen LogP) is 2.56. The van der Waals surface area contributed by atoms with Crippen LogP contribution in [0.25, 0.3) is 0 Å². The fourth-order valence-corrected chi connectivity index (χ4v) is 5.13. The Hall–Kier alpha value is -1.60. The van der Waals surface area contributed by atoms with E-state index >= 15 is 0 Å². The van der Waals surface area contributed by atoms with Gasteiger partial charge >= 0.3 is 0 Å². The second-order valence-corrected chi connectivity index (χ2v) is 8.80. The Balaban J connectivity index is 1.33. The lowest BCUT2D eigenvalue weighted by atomic mass is 10.1. The predicted molar refractivity (Wildman–Crippen MR) is 100 cm³/mol. The largest absolute Gasteiger partial charge is 0.361 e. The molecule has 2 aromatic rings. The molecule has 0 aromatic carbocycles. The van der Waals surface area contributed by atoms with Crippen molar-refractivity contribution in [2.24, 2.45) is 0 Å². The maximum atomic E-state index is 12.5. The van der Waals surface area contributed by atoms with Gasteiger partial charge < -0.3 is 4.52 Å². The van der Waals surface area contributed by atoms with E-state index in [0.717, 1.165) is 54.5 Å². The molecule has 1 unspecified atom stereocenters. The summed E-state index contributed by atoms with van der Waals surface area (Å²) < 4.78 is 7.19. The van der Waals surface area contributed by atoms with Crippen molar-refractivity contribution in [1.29, 1.82) is 0 Å². The van der Waals surface area contributed by atoms with Gasteiger partial charge in [0, 0.05) is 42.3 Å². The topological polar surface area (TPSA) is 64.2 Å². The number of aryl methyl sites for hydroxylation is 1. The summed E-state index contributed by atoms with van der Waals surface area (Å²) in [7, 11) is 0. The molecular weight excluding hydrogens is 348 g/mol. The van der Waals surface area contributed by atoms with Crippen LogP contribution in [0.4, 0.5) is 0 Å². The van der Waals surface area contributed by atoms with E-state index in [1.54, 1.807) is 10.7 Å². The number of likely N-dealkylation sites (tertiary alicyclic amines) is 1. The minimum absolute atomic E-state index is 0.0433. The summed E-state index contributed by atoms with van der Waals surface area (Å²) in [4.78, 5) is 15.0. The third-order valence-electron chi connectivity index (χ3n) is 5.79. The molecular formula is C19H24N4O2S. The van der Waals surface area contributed by atoms with Crippen LogP contribution in [0.1, 0.15) is 54.2 Å². The molecule has 7 heteroatoms. The second kappa shape index (κ2) is 6.85. The summed E-state index contributed by atoms with van der Waals surface area (Å²) in [6.45, 7) is 2.62. The van der Waals surface area contributed by atoms with Crippen LogP contribution in [0, 0.1) is 0 Å². The van der Waals surface area contributed by atoms with Gasteiger partial charge in [-0.05, 0) is 43.5 Å². The minimum atomic E-state index is 0.0433. The highest BCUT2D eigenvalue weighted by atomic mass is 32.2. The van der Waals surface area contributed by atoms with Gasteiger partial charge in [-0.25, -0.2) is 4.68 Å². The number of aromatic nitrogens is 3. The van der Waals surface area contributed by atoms with E-state index in [1.165, 1.54) is 24.8 Å². The van der Waals surface area contributed by atoms with Crippen LogP contribution in [-0.2, 0) is 25.3 Å². The van der Waals surface area contributed by atoms with Crippen LogP contribution in [0.5, 0.6) is 0 Å². The first-order chi connectivity index (χ1) is 12.8. The van der Waals surface area contributed by atoms with Gasteiger partial charge in [0.25, 0.3) is 5.56 Å². The molecule has 26 heavy (non-hydrogen) atoms. The zero-order valence-electron chi connectivity index (χ0n) is 14.9. The molecule has 1 aliphatic carbocycles. The molecule has 4 heterocycles. The third kappa shape index (κ3) is 3.22. The zero-order chi connectivity index (χ0) is 17.5. The Kier molecular flexibility index (Phi) is 4.36. The second-order valence-electron chi connectivity index (χ2n) is 7.70. The molecule has 1 saturated carbocycles. The van der Waals surface area contributed by atoms with Crippen LogP contribution in [0.15, 0.2) is 21.6 Å². The van der Waals surface area contributed by atoms with Gasteiger partial charge in [0.2, 0.25) is 0 Å². The highest BCUT2D eigenvalue weighted by molar-refractivity contribution is 7.98. The number of thioether (sulfide) groups is 1. The Morgan fingerprint density at radius 3 is 3.12 bits per heavy atom. The number of nitrogens with zero attached hydrogens (tertiary/aromatic N) is 4. The van der Waals surface area contributed by atoms with Crippen LogP contribution in [0.3, 0.4) is 0 Å². The summed E-state index contributed by atoms with van der Waals surface area (Å²) in [5.41, 5.74) is 3.51. The quantitative estimate of drug-likeness (QED) is 0.804. The average molecular weight is 372 g/mol. The van der Waals surface area contributed by atoms with Crippen molar-refractivity contribution in [1.82, 2.24) is 19.8 Å². The number of rotatable bonds is 5. The van der Waals surface area contributed by atoms with Crippen molar-refractivity contribution >= 4 is 11.8 Å². The summed E-state index contributed by atoms with van der Waals surface area (Å²) in [6.07, 6.45) is 7.58. The third-order valence-corrected chi connectivity index (χ3v) is 6.79. The lowest BCUT2D eigenvalue weighted by Gasteiger charge is -2.25. The standard InChI is InChI=1S/C19H24N4O2S/c24-18-8-14-12-26-7-5-17(14)21-23(18)11-16-2-1-6-22(16)10-15-9-20-25-19(15)13-3-4-13/h8-9,13,16H,1-7,10-12H2. The summed E-state index contributed by atoms with van der Waals surface area (Å²) in [5, 5.41) is 8.72. The highest BCUT2D eigenvalue weighted by Gasteiger charge is 2.33. The number of fused-ring (bicyclic) bond motifs is 1. The Labute approximate surface area is 156 Å². The van der Waals surface area contributed by atoms with Crippen molar-refractivity contribution in [2.75, 3.05) is 12.3 Å². The van der Waals surface area contributed by atoms with Crippen molar-refractivity contribution < 1.29 is 4.52 Å².